The average molecular weight is 361 g/mol. The Morgan fingerprint density at radius 3 is 2.67 bits per heavy atom. The van der Waals surface area contributed by atoms with E-state index in [4.69, 9.17) is 4.74 Å². The van der Waals surface area contributed by atoms with Crippen LogP contribution >= 0.6 is 0 Å². The number of para-hydroxylation sites is 1. The summed E-state index contributed by atoms with van der Waals surface area (Å²) in [5, 5.41) is 8.45. The molecule has 0 aliphatic heterocycles. The molecule has 0 N–H and O–H groups in total. The molecular formula is C19H15N5O3. The van der Waals surface area contributed by atoms with Gasteiger partial charge in [-0.05, 0) is 31.2 Å². The van der Waals surface area contributed by atoms with E-state index in [0.29, 0.717) is 17.0 Å². The lowest BCUT2D eigenvalue weighted by Gasteiger charge is -2.05. The highest BCUT2D eigenvalue weighted by atomic mass is 16.5. The van der Waals surface area contributed by atoms with E-state index in [-0.39, 0.29) is 17.9 Å². The van der Waals surface area contributed by atoms with Gasteiger partial charge in [-0.1, -0.05) is 24.3 Å². The Morgan fingerprint density at radius 2 is 1.85 bits per heavy atom. The van der Waals surface area contributed by atoms with E-state index in [0.717, 1.165) is 5.69 Å². The Kier molecular flexibility index (Phi) is 4.21. The van der Waals surface area contributed by atoms with E-state index in [2.05, 4.69) is 15.2 Å². The molecule has 0 aliphatic rings. The number of fused-ring (bicyclic) bond motifs is 1. The SMILES string of the molecule is Cc1nn(-c2ccccc2)nc1C(=O)OCc1cc(=O)n2ccccc2n1. The van der Waals surface area contributed by atoms with Crippen LogP contribution in [0.4, 0.5) is 0 Å². The van der Waals surface area contributed by atoms with Crippen molar-refractivity contribution >= 4 is 11.6 Å². The molecule has 1 aromatic carbocycles. The number of carbonyl (C=O) groups is 1. The molecule has 4 aromatic rings. The molecule has 8 nitrogen and oxygen atoms in total. The number of aryl methyl sites for hydroxylation is 1. The molecule has 0 bridgehead atoms. The molecule has 27 heavy (non-hydrogen) atoms. The highest BCUT2D eigenvalue weighted by molar-refractivity contribution is 5.88. The van der Waals surface area contributed by atoms with Crippen LogP contribution in [0.15, 0.2) is 65.6 Å². The second-order valence-electron chi connectivity index (χ2n) is 5.85. The highest BCUT2D eigenvalue weighted by Crippen LogP contribution is 2.10. The van der Waals surface area contributed by atoms with E-state index in [1.165, 1.54) is 15.3 Å². The summed E-state index contributed by atoms with van der Waals surface area (Å²) in [5.74, 6) is -0.621. The molecule has 4 rings (SSSR count). The summed E-state index contributed by atoms with van der Waals surface area (Å²) in [6.07, 6.45) is 1.63. The third-order valence-electron chi connectivity index (χ3n) is 3.94. The van der Waals surface area contributed by atoms with Gasteiger partial charge in [0, 0.05) is 12.3 Å². The van der Waals surface area contributed by atoms with Crippen molar-refractivity contribution in [3.8, 4) is 5.69 Å². The van der Waals surface area contributed by atoms with Crippen molar-refractivity contribution in [2.75, 3.05) is 0 Å². The van der Waals surface area contributed by atoms with E-state index in [9.17, 15) is 9.59 Å². The molecule has 8 heteroatoms. The van der Waals surface area contributed by atoms with E-state index in [1.54, 1.807) is 31.3 Å². The number of benzene rings is 1. The van der Waals surface area contributed by atoms with Crippen molar-refractivity contribution < 1.29 is 9.53 Å². The minimum Gasteiger partial charge on any atom is -0.454 e. The normalized spacial score (nSPS) is 10.9. The van der Waals surface area contributed by atoms with Crippen molar-refractivity contribution in [1.82, 2.24) is 24.4 Å². The van der Waals surface area contributed by atoms with E-state index in [1.807, 2.05) is 30.3 Å². The van der Waals surface area contributed by atoms with Gasteiger partial charge in [-0.2, -0.15) is 9.90 Å². The molecule has 0 amide bonds. The summed E-state index contributed by atoms with van der Waals surface area (Å²) in [4.78, 5) is 30.2. The maximum absolute atomic E-state index is 12.4. The summed E-state index contributed by atoms with van der Waals surface area (Å²) in [5.41, 5.74) is 1.93. The molecule has 0 saturated heterocycles. The fourth-order valence-electron chi connectivity index (χ4n) is 2.63. The molecule has 0 saturated carbocycles. The van der Waals surface area contributed by atoms with Crippen LogP contribution in [0.2, 0.25) is 0 Å². The average Bonchev–Trinajstić information content (AvgIpc) is 3.09. The van der Waals surface area contributed by atoms with Crippen LogP contribution in [0.5, 0.6) is 0 Å². The molecule has 0 unspecified atom stereocenters. The Hall–Kier alpha value is -3.81. The van der Waals surface area contributed by atoms with Crippen LogP contribution in [0.3, 0.4) is 0 Å². The highest BCUT2D eigenvalue weighted by Gasteiger charge is 2.18. The predicted molar refractivity (Wildman–Crippen MR) is 96.7 cm³/mol. The molecule has 0 fully saturated rings. The largest absolute Gasteiger partial charge is 0.454 e. The van der Waals surface area contributed by atoms with Gasteiger partial charge in [0.2, 0.25) is 0 Å². The number of nitrogens with zero attached hydrogens (tertiary/aromatic N) is 5. The second kappa shape index (κ2) is 6.83. The third kappa shape index (κ3) is 3.32. The van der Waals surface area contributed by atoms with E-state index >= 15 is 0 Å². The second-order valence-corrected chi connectivity index (χ2v) is 5.85. The molecule has 0 atom stereocenters. The predicted octanol–water partition coefficient (Wildman–Crippen LogP) is 1.94. The van der Waals surface area contributed by atoms with Gasteiger partial charge in [-0.15, -0.1) is 5.10 Å². The summed E-state index contributed by atoms with van der Waals surface area (Å²) in [6.45, 7) is 1.56. The zero-order valence-electron chi connectivity index (χ0n) is 14.4. The standard InChI is InChI=1S/C19H15N5O3/c1-13-18(22-24(21-13)15-7-3-2-4-8-15)19(26)27-12-14-11-17(25)23-10-6-5-9-16(23)20-14/h2-11H,12H2,1H3. The quantitative estimate of drug-likeness (QED) is 0.516. The number of carbonyl (C=O) groups excluding carboxylic acids is 1. The monoisotopic (exact) mass is 361 g/mol. The minimum absolute atomic E-state index is 0.122. The third-order valence-corrected chi connectivity index (χ3v) is 3.94. The Balaban J connectivity index is 1.53. The summed E-state index contributed by atoms with van der Waals surface area (Å²) < 4.78 is 6.70. The zero-order valence-corrected chi connectivity index (χ0v) is 14.4. The first-order valence-electron chi connectivity index (χ1n) is 8.25. The van der Waals surface area contributed by atoms with Crippen LogP contribution in [-0.4, -0.2) is 30.3 Å². The number of pyridine rings is 1. The summed E-state index contributed by atoms with van der Waals surface area (Å²) in [6, 6.07) is 15.8. The Morgan fingerprint density at radius 1 is 1.07 bits per heavy atom. The van der Waals surface area contributed by atoms with Gasteiger partial charge in [0.05, 0.1) is 17.1 Å². The Labute approximate surface area is 153 Å². The fraction of sp³-hybridized carbons (Fsp3) is 0.105. The smallest absolute Gasteiger partial charge is 0.361 e. The lowest BCUT2D eigenvalue weighted by atomic mass is 10.3. The van der Waals surface area contributed by atoms with Crippen LogP contribution in [0.1, 0.15) is 21.9 Å². The van der Waals surface area contributed by atoms with Gasteiger partial charge in [-0.25, -0.2) is 9.78 Å². The van der Waals surface area contributed by atoms with Crippen molar-refractivity contribution in [2.24, 2.45) is 0 Å². The van der Waals surface area contributed by atoms with Crippen LogP contribution < -0.4 is 5.56 Å². The molecule has 0 aliphatic carbocycles. The van der Waals surface area contributed by atoms with Gasteiger partial charge in [0.1, 0.15) is 12.3 Å². The fourth-order valence-corrected chi connectivity index (χ4v) is 2.63. The molecule has 3 aromatic heterocycles. The van der Waals surface area contributed by atoms with Gasteiger partial charge in [0.15, 0.2) is 5.69 Å². The number of esters is 1. The number of rotatable bonds is 4. The lowest BCUT2D eigenvalue weighted by Crippen LogP contribution is -2.16. The van der Waals surface area contributed by atoms with Gasteiger partial charge in [0.25, 0.3) is 5.56 Å². The summed E-state index contributed by atoms with van der Waals surface area (Å²) >= 11 is 0. The van der Waals surface area contributed by atoms with Gasteiger partial charge < -0.3 is 4.74 Å². The van der Waals surface area contributed by atoms with Crippen LogP contribution in [0, 0.1) is 6.92 Å². The van der Waals surface area contributed by atoms with Gasteiger partial charge >= 0.3 is 5.97 Å². The van der Waals surface area contributed by atoms with Gasteiger partial charge in [-0.3, -0.25) is 9.20 Å². The topological polar surface area (TPSA) is 91.4 Å². The maximum Gasteiger partial charge on any atom is 0.361 e. The first-order valence-corrected chi connectivity index (χ1v) is 8.25. The van der Waals surface area contributed by atoms with Crippen LogP contribution in [-0.2, 0) is 11.3 Å². The van der Waals surface area contributed by atoms with Crippen molar-refractivity contribution in [1.29, 1.82) is 0 Å². The number of hydrogen-bond donors (Lipinski definition) is 0. The number of aromatic nitrogens is 5. The first kappa shape index (κ1) is 16.6. The lowest BCUT2D eigenvalue weighted by molar-refractivity contribution is 0.0459. The molecule has 3 heterocycles. The van der Waals surface area contributed by atoms with Crippen LogP contribution in [0.25, 0.3) is 11.3 Å². The molecule has 0 spiro atoms. The molecule has 134 valence electrons. The summed E-state index contributed by atoms with van der Waals surface area (Å²) in [7, 11) is 0. The van der Waals surface area contributed by atoms with E-state index < -0.39 is 5.97 Å². The first-order chi connectivity index (χ1) is 13.1. The number of hydrogen-bond acceptors (Lipinski definition) is 6. The molecule has 0 radical (unpaired) electrons. The Bertz CT molecular complexity index is 1180. The van der Waals surface area contributed by atoms with Crippen molar-refractivity contribution in [3.63, 3.8) is 0 Å². The molecular weight excluding hydrogens is 346 g/mol. The number of ether oxygens (including phenoxy) is 1. The zero-order chi connectivity index (χ0) is 18.8. The van der Waals surface area contributed by atoms with Crippen molar-refractivity contribution in [3.05, 3.63) is 88.2 Å². The maximum atomic E-state index is 12.4. The van der Waals surface area contributed by atoms with Crippen molar-refractivity contribution in [2.45, 2.75) is 13.5 Å². The minimum atomic E-state index is -0.621.